The molecule has 2 aromatic rings. The van der Waals surface area contributed by atoms with Crippen LogP contribution in [0, 0.1) is 6.92 Å². The molecule has 2 N–H and O–H groups in total. The second-order valence-corrected chi connectivity index (χ2v) is 4.83. The van der Waals surface area contributed by atoms with Crippen molar-refractivity contribution in [2.75, 3.05) is 13.2 Å². The van der Waals surface area contributed by atoms with Crippen LogP contribution in [-0.2, 0) is 13.0 Å². The topological polar surface area (TPSA) is 80.4 Å². The number of aryl methyl sites for hydroxylation is 2. The van der Waals surface area contributed by atoms with Gasteiger partial charge in [0.25, 0.3) is 0 Å². The second-order valence-electron chi connectivity index (χ2n) is 4.83. The molecule has 0 saturated carbocycles. The molecule has 114 valence electrons. The van der Waals surface area contributed by atoms with Gasteiger partial charge in [-0.15, -0.1) is 0 Å². The van der Waals surface area contributed by atoms with Crippen molar-refractivity contribution >= 4 is 0 Å². The van der Waals surface area contributed by atoms with Gasteiger partial charge in [-0.05, 0) is 31.0 Å². The van der Waals surface area contributed by atoms with Crippen LogP contribution in [0.15, 0.2) is 28.8 Å². The maximum Gasteiger partial charge on any atom is 0.240 e. The van der Waals surface area contributed by atoms with E-state index in [1.165, 1.54) is 5.56 Å². The van der Waals surface area contributed by atoms with E-state index in [4.69, 9.17) is 9.26 Å². The van der Waals surface area contributed by atoms with Gasteiger partial charge in [0.2, 0.25) is 5.89 Å². The summed E-state index contributed by atoms with van der Waals surface area (Å²) in [7, 11) is 0. The van der Waals surface area contributed by atoms with E-state index in [9.17, 15) is 5.11 Å². The molecule has 1 unspecified atom stereocenters. The van der Waals surface area contributed by atoms with Gasteiger partial charge >= 0.3 is 0 Å². The van der Waals surface area contributed by atoms with Crippen molar-refractivity contribution in [1.82, 2.24) is 15.5 Å². The van der Waals surface area contributed by atoms with Gasteiger partial charge in [0.15, 0.2) is 5.82 Å². The van der Waals surface area contributed by atoms with Gasteiger partial charge in [-0.1, -0.05) is 24.2 Å². The summed E-state index contributed by atoms with van der Waals surface area (Å²) < 4.78 is 10.5. The molecule has 2 rings (SSSR count). The minimum Gasteiger partial charge on any atom is -0.491 e. The monoisotopic (exact) mass is 291 g/mol. The van der Waals surface area contributed by atoms with Gasteiger partial charge in [-0.3, -0.25) is 0 Å². The van der Waals surface area contributed by atoms with Crippen molar-refractivity contribution < 1.29 is 14.4 Å². The molecule has 6 nitrogen and oxygen atoms in total. The van der Waals surface area contributed by atoms with Gasteiger partial charge in [-0.25, -0.2) is 0 Å². The van der Waals surface area contributed by atoms with E-state index in [2.05, 4.69) is 22.4 Å². The van der Waals surface area contributed by atoms with E-state index in [1.807, 2.05) is 24.3 Å². The zero-order valence-electron chi connectivity index (χ0n) is 12.4. The zero-order chi connectivity index (χ0) is 15.1. The molecule has 0 aliphatic carbocycles. The van der Waals surface area contributed by atoms with Crippen molar-refractivity contribution in [3.63, 3.8) is 0 Å². The molecular weight excluding hydrogens is 270 g/mol. The van der Waals surface area contributed by atoms with Crippen LogP contribution < -0.4 is 10.1 Å². The van der Waals surface area contributed by atoms with Gasteiger partial charge in [0.05, 0.1) is 6.54 Å². The highest BCUT2D eigenvalue weighted by atomic mass is 16.5. The van der Waals surface area contributed by atoms with Crippen LogP contribution in [0.2, 0.25) is 0 Å². The highest BCUT2D eigenvalue weighted by Crippen LogP contribution is 2.12. The lowest BCUT2D eigenvalue weighted by Gasteiger charge is -2.12. The second kappa shape index (κ2) is 7.75. The van der Waals surface area contributed by atoms with Crippen molar-refractivity contribution in [3.05, 3.63) is 41.5 Å². The van der Waals surface area contributed by atoms with Crippen molar-refractivity contribution in [2.24, 2.45) is 0 Å². The normalized spacial score (nSPS) is 12.3. The first-order valence-corrected chi connectivity index (χ1v) is 7.07. The van der Waals surface area contributed by atoms with Crippen LogP contribution >= 0.6 is 0 Å². The Morgan fingerprint density at radius 2 is 2.10 bits per heavy atom. The van der Waals surface area contributed by atoms with Crippen molar-refractivity contribution in [1.29, 1.82) is 0 Å². The molecule has 0 radical (unpaired) electrons. The standard InChI is InChI=1S/C15H21N3O3/c1-3-12-4-6-14(7-5-12)20-10-13(19)8-16-9-15-17-11(2)18-21-15/h4-7,13,16,19H,3,8-10H2,1-2H3. The van der Waals surface area contributed by atoms with E-state index < -0.39 is 6.10 Å². The van der Waals surface area contributed by atoms with Crippen LogP contribution in [0.4, 0.5) is 0 Å². The number of aromatic nitrogens is 2. The lowest BCUT2D eigenvalue weighted by Crippen LogP contribution is -2.31. The predicted molar refractivity (Wildman–Crippen MR) is 78.1 cm³/mol. The number of benzene rings is 1. The van der Waals surface area contributed by atoms with E-state index in [1.54, 1.807) is 6.92 Å². The number of aliphatic hydroxyl groups is 1. The summed E-state index contributed by atoms with van der Waals surface area (Å²) in [6, 6.07) is 7.89. The summed E-state index contributed by atoms with van der Waals surface area (Å²) in [5, 5.41) is 16.6. The van der Waals surface area contributed by atoms with Gasteiger partial charge in [-0.2, -0.15) is 4.98 Å². The Labute approximate surface area is 124 Å². The van der Waals surface area contributed by atoms with Crippen molar-refractivity contribution in [3.8, 4) is 5.75 Å². The fourth-order valence-corrected chi connectivity index (χ4v) is 1.83. The van der Waals surface area contributed by atoms with E-state index in [0.29, 0.717) is 24.8 Å². The number of aliphatic hydroxyl groups excluding tert-OH is 1. The Morgan fingerprint density at radius 3 is 2.71 bits per heavy atom. The summed E-state index contributed by atoms with van der Waals surface area (Å²) in [6.07, 6.45) is 0.405. The van der Waals surface area contributed by atoms with Crippen molar-refractivity contribution in [2.45, 2.75) is 32.9 Å². The first-order chi connectivity index (χ1) is 10.2. The predicted octanol–water partition coefficient (Wildman–Crippen LogP) is 1.47. The number of nitrogens with one attached hydrogen (secondary N) is 1. The Bertz CT molecular complexity index is 539. The molecule has 0 spiro atoms. The lowest BCUT2D eigenvalue weighted by molar-refractivity contribution is 0.105. The summed E-state index contributed by atoms with van der Waals surface area (Å²) in [4.78, 5) is 4.06. The lowest BCUT2D eigenvalue weighted by atomic mass is 10.2. The molecule has 0 saturated heterocycles. The van der Waals surface area contributed by atoms with E-state index in [0.717, 1.165) is 12.2 Å². The van der Waals surface area contributed by atoms with Gasteiger partial charge in [0, 0.05) is 6.54 Å². The maximum absolute atomic E-state index is 9.84. The largest absolute Gasteiger partial charge is 0.491 e. The molecule has 1 atom stereocenters. The molecular formula is C15H21N3O3. The first-order valence-electron chi connectivity index (χ1n) is 7.07. The highest BCUT2D eigenvalue weighted by molar-refractivity contribution is 5.27. The van der Waals surface area contributed by atoms with Crippen LogP contribution in [0.5, 0.6) is 5.75 Å². The Balaban J connectivity index is 1.65. The number of rotatable bonds is 8. The highest BCUT2D eigenvalue weighted by Gasteiger charge is 2.07. The fourth-order valence-electron chi connectivity index (χ4n) is 1.83. The van der Waals surface area contributed by atoms with Crippen LogP contribution in [0.3, 0.4) is 0 Å². The van der Waals surface area contributed by atoms with Gasteiger partial charge in [0.1, 0.15) is 18.5 Å². The third-order valence-corrected chi connectivity index (χ3v) is 3.00. The smallest absolute Gasteiger partial charge is 0.240 e. The summed E-state index contributed by atoms with van der Waals surface area (Å²) in [5.74, 6) is 1.88. The van der Waals surface area contributed by atoms with Crippen LogP contribution in [0.25, 0.3) is 0 Å². The first kappa shape index (κ1) is 15.5. The third kappa shape index (κ3) is 5.17. The molecule has 0 fully saturated rings. The molecule has 6 heteroatoms. The fraction of sp³-hybridized carbons (Fsp3) is 0.467. The van der Waals surface area contributed by atoms with Crippen LogP contribution in [-0.4, -0.2) is 34.5 Å². The number of nitrogens with zero attached hydrogens (tertiary/aromatic N) is 2. The van der Waals surface area contributed by atoms with E-state index >= 15 is 0 Å². The molecule has 1 aromatic carbocycles. The Hall–Kier alpha value is -1.92. The summed E-state index contributed by atoms with van der Waals surface area (Å²) in [6.45, 7) is 4.94. The number of hydrogen-bond acceptors (Lipinski definition) is 6. The average Bonchev–Trinajstić information content (AvgIpc) is 2.91. The molecule has 0 amide bonds. The Morgan fingerprint density at radius 1 is 1.33 bits per heavy atom. The third-order valence-electron chi connectivity index (χ3n) is 3.00. The van der Waals surface area contributed by atoms with Gasteiger partial charge < -0.3 is 19.7 Å². The Kier molecular flexibility index (Phi) is 5.71. The zero-order valence-corrected chi connectivity index (χ0v) is 12.4. The van der Waals surface area contributed by atoms with E-state index in [-0.39, 0.29) is 6.61 Å². The molecule has 21 heavy (non-hydrogen) atoms. The minimum absolute atomic E-state index is 0.237. The molecule has 1 aromatic heterocycles. The molecule has 0 bridgehead atoms. The maximum atomic E-state index is 9.84. The SMILES string of the molecule is CCc1ccc(OCC(O)CNCc2nc(C)no2)cc1. The summed E-state index contributed by atoms with van der Waals surface area (Å²) in [5.41, 5.74) is 1.26. The molecule has 0 aliphatic rings. The molecule has 0 aliphatic heterocycles. The minimum atomic E-state index is -0.597. The number of hydrogen-bond donors (Lipinski definition) is 2. The number of ether oxygens (including phenoxy) is 1. The molecule has 1 heterocycles. The summed E-state index contributed by atoms with van der Waals surface area (Å²) >= 11 is 0. The average molecular weight is 291 g/mol. The van der Waals surface area contributed by atoms with Crippen LogP contribution in [0.1, 0.15) is 24.2 Å². The quantitative estimate of drug-likeness (QED) is 0.766.